The molecule has 1 aliphatic heterocycles. The molecular weight excluding hydrogens is 386 g/mol. The molecule has 0 saturated carbocycles. The molecule has 9 nitrogen and oxygen atoms in total. The minimum absolute atomic E-state index is 0.0977. The van der Waals surface area contributed by atoms with Crippen LogP contribution in [0.15, 0.2) is 53.8 Å². The summed E-state index contributed by atoms with van der Waals surface area (Å²) in [5.41, 5.74) is 1.82. The SMILES string of the molecule is O=C(CNC(=O)c1cccc(NC2=NCCC2)c1)NC(Cc1cccnc1)C(=O)O. The van der Waals surface area contributed by atoms with Crippen molar-refractivity contribution in [3.8, 4) is 0 Å². The maximum atomic E-state index is 12.4. The van der Waals surface area contributed by atoms with Crippen molar-refractivity contribution in [1.82, 2.24) is 15.6 Å². The fourth-order valence-corrected chi connectivity index (χ4v) is 3.01. The number of hydrogen-bond acceptors (Lipinski definition) is 6. The predicted octanol–water partition coefficient (Wildman–Crippen LogP) is 1.23. The Bertz CT molecular complexity index is 945. The largest absolute Gasteiger partial charge is 0.480 e. The van der Waals surface area contributed by atoms with Gasteiger partial charge in [0.05, 0.1) is 6.54 Å². The highest BCUT2D eigenvalue weighted by Crippen LogP contribution is 2.13. The number of aliphatic imine (C=N–C) groups is 1. The number of benzene rings is 1. The van der Waals surface area contributed by atoms with Gasteiger partial charge in [0, 0.05) is 43.0 Å². The van der Waals surface area contributed by atoms with Crippen molar-refractivity contribution in [1.29, 1.82) is 0 Å². The zero-order valence-corrected chi connectivity index (χ0v) is 16.3. The molecule has 1 aromatic carbocycles. The molecule has 1 unspecified atom stereocenters. The normalized spacial score (nSPS) is 13.8. The summed E-state index contributed by atoms with van der Waals surface area (Å²) in [6, 6.07) is 9.20. The molecule has 0 radical (unpaired) electrons. The highest BCUT2D eigenvalue weighted by molar-refractivity contribution is 6.00. The molecule has 4 N–H and O–H groups in total. The highest BCUT2D eigenvalue weighted by Gasteiger charge is 2.21. The molecule has 2 aromatic rings. The number of carboxylic acids is 1. The molecule has 2 heterocycles. The van der Waals surface area contributed by atoms with Gasteiger partial charge >= 0.3 is 5.97 Å². The monoisotopic (exact) mass is 409 g/mol. The third-order valence-corrected chi connectivity index (χ3v) is 4.49. The van der Waals surface area contributed by atoms with E-state index in [1.165, 1.54) is 0 Å². The van der Waals surface area contributed by atoms with Crippen LogP contribution in [0.5, 0.6) is 0 Å². The lowest BCUT2D eigenvalue weighted by Crippen LogP contribution is -2.46. The van der Waals surface area contributed by atoms with Gasteiger partial charge in [-0.1, -0.05) is 12.1 Å². The lowest BCUT2D eigenvalue weighted by molar-refractivity contribution is -0.141. The molecule has 0 saturated heterocycles. The number of nitrogens with one attached hydrogen (secondary N) is 3. The topological polar surface area (TPSA) is 133 Å². The number of anilines is 1. The van der Waals surface area contributed by atoms with Gasteiger partial charge in [0.2, 0.25) is 5.91 Å². The van der Waals surface area contributed by atoms with E-state index in [9.17, 15) is 19.5 Å². The van der Waals surface area contributed by atoms with Crippen LogP contribution < -0.4 is 16.0 Å². The number of amides is 2. The lowest BCUT2D eigenvalue weighted by Gasteiger charge is -2.15. The first-order valence-electron chi connectivity index (χ1n) is 9.61. The van der Waals surface area contributed by atoms with E-state index in [0.717, 1.165) is 30.9 Å². The van der Waals surface area contributed by atoms with Gasteiger partial charge in [0.15, 0.2) is 0 Å². The smallest absolute Gasteiger partial charge is 0.326 e. The van der Waals surface area contributed by atoms with Crippen LogP contribution in [0.25, 0.3) is 0 Å². The summed E-state index contributed by atoms with van der Waals surface area (Å²) >= 11 is 0. The molecule has 156 valence electrons. The molecule has 1 atom stereocenters. The first-order chi connectivity index (χ1) is 14.5. The summed E-state index contributed by atoms with van der Waals surface area (Å²) < 4.78 is 0. The minimum Gasteiger partial charge on any atom is -0.480 e. The van der Waals surface area contributed by atoms with Gasteiger partial charge in [-0.25, -0.2) is 4.79 Å². The number of aliphatic carboxylic acids is 1. The number of carboxylic acid groups (broad SMARTS) is 1. The van der Waals surface area contributed by atoms with E-state index >= 15 is 0 Å². The second kappa shape index (κ2) is 10.1. The molecule has 9 heteroatoms. The van der Waals surface area contributed by atoms with Crippen LogP contribution in [0.2, 0.25) is 0 Å². The van der Waals surface area contributed by atoms with E-state index in [4.69, 9.17) is 0 Å². The number of carbonyl (C=O) groups is 3. The maximum absolute atomic E-state index is 12.4. The molecule has 0 bridgehead atoms. The van der Waals surface area contributed by atoms with Crippen molar-refractivity contribution < 1.29 is 19.5 Å². The van der Waals surface area contributed by atoms with E-state index in [2.05, 4.69) is 25.9 Å². The van der Waals surface area contributed by atoms with Gasteiger partial charge in [-0.3, -0.25) is 19.6 Å². The van der Waals surface area contributed by atoms with Gasteiger partial charge < -0.3 is 21.1 Å². The first kappa shape index (κ1) is 21.0. The second-order valence-electron chi connectivity index (χ2n) is 6.84. The van der Waals surface area contributed by atoms with Crippen molar-refractivity contribution in [2.45, 2.75) is 25.3 Å². The molecule has 0 fully saturated rings. The Morgan fingerprint density at radius 1 is 1.17 bits per heavy atom. The van der Waals surface area contributed by atoms with E-state index in [1.54, 1.807) is 42.7 Å². The number of aromatic nitrogens is 1. The molecule has 0 spiro atoms. The van der Waals surface area contributed by atoms with Crippen molar-refractivity contribution in [3.05, 3.63) is 59.9 Å². The predicted molar refractivity (Wildman–Crippen MR) is 111 cm³/mol. The summed E-state index contributed by atoms with van der Waals surface area (Å²) in [4.78, 5) is 44.2. The van der Waals surface area contributed by atoms with Crippen LogP contribution in [-0.2, 0) is 16.0 Å². The summed E-state index contributed by atoms with van der Waals surface area (Å²) in [5.74, 6) is -1.29. The van der Waals surface area contributed by atoms with Crippen LogP contribution in [0, 0.1) is 0 Å². The van der Waals surface area contributed by atoms with E-state index in [-0.39, 0.29) is 13.0 Å². The highest BCUT2D eigenvalue weighted by atomic mass is 16.4. The number of hydrogen-bond donors (Lipinski definition) is 4. The van der Waals surface area contributed by atoms with E-state index in [0.29, 0.717) is 11.1 Å². The summed E-state index contributed by atoms with van der Waals surface area (Å²) in [6.07, 6.45) is 5.11. The van der Waals surface area contributed by atoms with Gasteiger partial charge in [0.25, 0.3) is 5.91 Å². The lowest BCUT2D eigenvalue weighted by atomic mass is 10.1. The summed E-state index contributed by atoms with van der Waals surface area (Å²) in [6.45, 7) is 0.468. The van der Waals surface area contributed by atoms with Crippen LogP contribution in [-0.4, -0.2) is 52.8 Å². The number of carbonyl (C=O) groups excluding carboxylic acids is 2. The Balaban J connectivity index is 1.52. The van der Waals surface area contributed by atoms with Crippen LogP contribution in [0.1, 0.15) is 28.8 Å². The second-order valence-corrected chi connectivity index (χ2v) is 6.84. The fourth-order valence-electron chi connectivity index (χ4n) is 3.01. The molecular formula is C21H23N5O4. The summed E-state index contributed by atoms with van der Waals surface area (Å²) in [7, 11) is 0. The van der Waals surface area contributed by atoms with Gasteiger partial charge in [-0.2, -0.15) is 0 Å². The average Bonchev–Trinajstić information content (AvgIpc) is 3.25. The fraction of sp³-hybridized carbons (Fsp3) is 0.286. The average molecular weight is 409 g/mol. The van der Waals surface area contributed by atoms with E-state index in [1.807, 2.05) is 6.07 Å². The molecule has 3 rings (SSSR count). The van der Waals surface area contributed by atoms with Gasteiger partial charge in [-0.05, 0) is 36.2 Å². The minimum atomic E-state index is -1.16. The number of rotatable bonds is 8. The Labute approximate surface area is 173 Å². The Hall–Kier alpha value is -3.75. The van der Waals surface area contributed by atoms with Crippen molar-refractivity contribution in [3.63, 3.8) is 0 Å². The van der Waals surface area contributed by atoms with Crippen molar-refractivity contribution >= 4 is 29.3 Å². The summed E-state index contributed by atoms with van der Waals surface area (Å²) in [5, 5.41) is 17.5. The Morgan fingerprint density at radius 3 is 2.73 bits per heavy atom. The quantitative estimate of drug-likeness (QED) is 0.518. The van der Waals surface area contributed by atoms with Gasteiger partial charge in [0.1, 0.15) is 11.9 Å². The number of amidine groups is 1. The number of nitrogens with zero attached hydrogens (tertiary/aromatic N) is 2. The first-order valence-corrected chi connectivity index (χ1v) is 9.61. The molecule has 0 aliphatic carbocycles. The van der Waals surface area contributed by atoms with Crippen LogP contribution in [0.4, 0.5) is 5.69 Å². The van der Waals surface area contributed by atoms with Gasteiger partial charge in [-0.15, -0.1) is 0 Å². The maximum Gasteiger partial charge on any atom is 0.326 e. The van der Waals surface area contributed by atoms with Crippen molar-refractivity contribution in [2.24, 2.45) is 4.99 Å². The zero-order chi connectivity index (χ0) is 21.3. The molecule has 2 amide bonds. The zero-order valence-electron chi connectivity index (χ0n) is 16.3. The molecule has 1 aromatic heterocycles. The molecule has 1 aliphatic rings. The Morgan fingerprint density at radius 2 is 2.03 bits per heavy atom. The van der Waals surface area contributed by atoms with Crippen LogP contribution in [0.3, 0.4) is 0 Å². The Kier molecular flexibility index (Phi) is 7.09. The van der Waals surface area contributed by atoms with Crippen LogP contribution >= 0.6 is 0 Å². The molecule has 30 heavy (non-hydrogen) atoms. The third-order valence-electron chi connectivity index (χ3n) is 4.49. The number of pyridine rings is 1. The third kappa shape index (κ3) is 6.13. The van der Waals surface area contributed by atoms with Crippen molar-refractivity contribution in [2.75, 3.05) is 18.4 Å². The van der Waals surface area contributed by atoms with E-state index < -0.39 is 23.8 Å². The standard InChI is InChI=1S/C21H23N5O4/c27-19(26-17(21(29)30)10-14-4-2-8-22-12-14)13-24-20(28)15-5-1-6-16(11-15)25-18-7-3-9-23-18/h1-2,4-6,8,11-12,17H,3,7,9-10,13H2,(H,23,25)(H,24,28)(H,26,27)(H,29,30).